The smallest absolute Gasteiger partial charge is 0.253 e. The van der Waals surface area contributed by atoms with Gasteiger partial charge in [-0.1, -0.05) is 0 Å². The third-order valence-corrected chi connectivity index (χ3v) is 5.08. The predicted molar refractivity (Wildman–Crippen MR) is 84.4 cm³/mol. The summed E-state index contributed by atoms with van der Waals surface area (Å²) in [7, 11) is 0. The van der Waals surface area contributed by atoms with Crippen molar-refractivity contribution < 1.29 is 23.5 Å². The molecule has 1 aliphatic carbocycles. The summed E-state index contributed by atoms with van der Waals surface area (Å²) in [6.07, 6.45) is 4.22. The fourth-order valence-electron chi connectivity index (χ4n) is 3.42. The Balaban J connectivity index is 1.56. The van der Waals surface area contributed by atoms with E-state index >= 15 is 0 Å². The number of nitriles is 1. The van der Waals surface area contributed by atoms with Crippen molar-refractivity contribution in [2.45, 2.75) is 18.4 Å². The molecule has 0 aromatic carbocycles. The van der Waals surface area contributed by atoms with E-state index in [0.29, 0.717) is 38.2 Å². The first-order valence-corrected chi connectivity index (χ1v) is 8.32. The van der Waals surface area contributed by atoms with Crippen molar-refractivity contribution in [2.24, 2.45) is 5.41 Å². The van der Waals surface area contributed by atoms with Gasteiger partial charge < -0.3 is 23.7 Å². The van der Waals surface area contributed by atoms with Crippen molar-refractivity contribution >= 4 is 17.5 Å². The standard InChI is InChI=1S/C17H19N3O5/c18-9-16(2-3-16)15(22)19-4-6-24-12-17(10-19)11-20(14(21)8-25-17)13-1-5-23-7-13/h1,5,7H,2-4,6,8,10-12H2. The number of hydrogen-bond donors (Lipinski definition) is 0. The van der Waals surface area contributed by atoms with Crippen LogP contribution in [0.3, 0.4) is 0 Å². The molecule has 8 nitrogen and oxygen atoms in total. The number of ether oxygens (including phenoxy) is 2. The molecule has 2 saturated heterocycles. The minimum atomic E-state index is -0.875. The van der Waals surface area contributed by atoms with Crippen LogP contribution in [0.25, 0.3) is 0 Å². The second-order valence-corrected chi connectivity index (χ2v) is 6.91. The van der Waals surface area contributed by atoms with Crippen molar-refractivity contribution in [1.82, 2.24) is 4.90 Å². The molecule has 0 bridgehead atoms. The van der Waals surface area contributed by atoms with E-state index in [1.165, 1.54) is 12.5 Å². The lowest BCUT2D eigenvalue weighted by Crippen LogP contribution is -2.61. The van der Waals surface area contributed by atoms with Gasteiger partial charge >= 0.3 is 0 Å². The molecule has 1 spiro atoms. The van der Waals surface area contributed by atoms with Gasteiger partial charge in [0.15, 0.2) is 0 Å². The van der Waals surface area contributed by atoms with Gasteiger partial charge in [0.1, 0.15) is 23.9 Å². The normalized spacial score (nSPS) is 28.5. The third kappa shape index (κ3) is 2.79. The molecule has 0 radical (unpaired) electrons. The summed E-state index contributed by atoms with van der Waals surface area (Å²) >= 11 is 0. The molecule has 1 aromatic rings. The molecule has 8 heteroatoms. The second-order valence-electron chi connectivity index (χ2n) is 6.91. The van der Waals surface area contributed by atoms with Crippen LogP contribution in [0.4, 0.5) is 5.69 Å². The zero-order chi connectivity index (χ0) is 17.5. The highest BCUT2D eigenvalue weighted by molar-refractivity contribution is 5.95. The number of rotatable bonds is 2. The van der Waals surface area contributed by atoms with Gasteiger partial charge in [-0.25, -0.2) is 0 Å². The molecule has 3 fully saturated rings. The van der Waals surface area contributed by atoms with Gasteiger partial charge in [0.05, 0.1) is 44.3 Å². The van der Waals surface area contributed by atoms with E-state index in [1.807, 2.05) is 0 Å². The molecule has 4 rings (SSSR count). The number of carbonyl (C=O) groups is 2. The lowest BCUT2D eigenvalue weighted by atomic mass is 9.99. The maximum Gasteiger partial charge on any atom is 0.253 e. The first-order valence-electron chi connectivity index (χ1n) is 8.32. The maximum absolute atomic E-state index is 12.8. The second kappa shape index (κ2) is 5.86. The van der Waals surface area contributed by atoms with E-state index in [4.69, 9.17) is 13.9 Å². The number of morpholine rings is 1. The Kier molecular flexibility index (Phi) is 3.78. The average molecular weight is 345 g/mol. The Hall–Kier alpha value is -2.37. The lowest BCUT2D eigenvalue weighted by Gasteiger charge is -2.42. The average Bonchev–Trinajstić information content (AvgIpc) is 3.30. The van der Waals surface area contributed by atoms with E-state index < -0.39 is 11.0 Å². The quantitative estimate of drug-likeness (QED) is 0.776. The van der Waals surface area contributed by atoms with Crippen molar-refractivity contribution in [2.75, 3.05) is 44.4 Å². The maximum atomic E-state index is 12.8. The van der Waals surface area contributed by atoms with E-state index in [1.54, 1.807) is 15.9 Å². The molecular weight excluding hydrogens is 326 g/mol. The SMILES string of the molecule is N#CC1(C(=O)N2CCOCC3(C2)CN(c2ccoc2)C(=O)CO3)CC1. The molecule has 1 unspecified atom stereocenters. The van der Waals surface area contributed by atoms with Gasteiger partial charge in [-0.05, 0) is 12.8 Å². The highest BCUT2D eigenvalue weighted by Gasteiger charge is 2.54. The van der Waals surface area contributed by atoms with Crippen LogP contribution in [-0.2, 0) is 19.1 Å². The van der Waals surface area contributed by atoms with Crippen LogP contribution in [0, 0.1) is 16.7 Å². The van der Waals surface area contributed by atoms with Crippen LogP contribution in [0.1, 0.15) is 12.8 Å². The van der Waals surface area contributed by atoms with Gasteiger partial charge in [0, 0.05) is 12.6 Å². The van der Waals surface area contributed by atoms with Gasteiger partial charge in [-0.3, -0.25) is 9.59 Å². The summed E-state index contributed by atoms with van der Waals surface area (Å²) in [6.45, 7) is 1.59. The summed E-state index contributed by atoms with van der Waals surface area (Å²) in [6, 6.07) is 3.86. The Morgan fingerprint density at radius 1 is 1.32 bits per heavy atom. The molecule has 1 atom stereocenters. The highest BCUT2D eigenvalue weighted by atomic mass is 16.6. The van der Waals surface area contributed by atoms with E-state index in [0.717, 1.165) is 0 Å². The van der Waals surface area contributed by atoms with Crippen LogP contribution < -0.4 is 4.90 Å². The zero-order valence-electron chi connectivity index (χ0n) is 13.8. The molecule has 132 valence electrons. The van der Waals surface area contributed by atoms with Gasteiger partial charge in [-0.2, -0.15) is 5.26 Å². The molecule has 3 aliphatic rings. The fraction of sp³-hybridized carbons (Fsp3) is 0.588. The lowest BCUT2D eigenvalue weighted by molar-refractivity contribution is -0.150. The topological polar surface area (TPSA) is 96.0 Å². The fourth-order valence-corrected chi connectivity index (χ4v) is 3.42. The predicted octanol–water partition coefficient (Wildman–Crippen LogP) is 0.544. The summed E-state index contributed by atoms with van der Waals surface area (Å²) in [5.41, 5.74) is -1.02. The van der Waals surface area contributed by atoms with Crippen molar-refractivity contribution in [3.8, 4) is 6.07 Å². The first-order chi connectivity index (χ1) is 12.1. The Bertz CT molecular complexity index is 721. The Morgan fingerprint density at radius 2 is 2.16 bits per heavy atom. The number of furan rings is 1. The number of nitrogens with zero attached hydrogens (tertiary/aromatic N) is 3. The van der Waals surface area contributed by atoms with E-state index in [-0.39, 0.29) is 31.6 Å². The number of anilines is 1. The van der Waals surface area contributed by atoms with Crippen LogP contribution >= 0.6 is 0 Å². The van der Waals surface area contributed by atoms with Crippen LogP contribution in [0.5, 0.6) is 0 Å². The molecule has 1 aromatic heterocycles. The van der Waals surface area contributed by atoms with Crippen molar-refractivity contribution in [3.05, 3.63) is 18.6 Å². The van der Waals surface area contributed by atoms with Crippen molar-refractivity contribution in [3.63, 3.8) is 0 Å². The Labute approximate surface area is 144 Å². The van der Waals surface area contributed by atoms with Gasteiger partial charge in [-0.15, -0.1) is 0 Å². The van der Waals surface area contributed by atoms with E-state index in [9.17, 15) is 14.9 Å². The molecule has 0 N–H and O–H groups in total. The molecular formula is C17H19N3O5. The zero-order valence-corrected chi connectivity index (χ0v) is 13.8. The third-order valence-electron chi connectivity index (χ3n) is 5.08. The molecule has 25 heavy (non-hydrogen) atoms. The summed E-state index contributed by atoms with van der Waals surface area (Å²) in [5, 5.41) is 9.31. The van der Waals surface area contributed by atoms with Crippen LogP contribution in [-0.4, -0.2) is 61.8 Å². The molecule has 2 amide bonds. The summed E-state index contributed by atoms with van der Waals surface area (Å²) < 4.78 is 16.6. The van der Waals surface area contributed by atoms with E-state index in [2.05, 4.69) is 6.07 Å². The first kappa shape index (κ1) is 16.1. The molecule has 2 aliphatic heterocycles. The largest absolute Gasteiger partial charge is 0.470 e. The number of amides is 2. The summed E-state index contributed by atoms with van der Waals surface area (Å²) in [5.74, 6) is -0.319. The van der Waals surface area contributed by atoms with Crippen LogP contribution in [0.2, 0.25) is 0 Å². The van der Waals surface area contributed by atoms with Crippen LogP contribution in [0.15, 0.2) is 23.0 Å². The highest BCUT2D eigenvalue weighted by Crippen LogP contribution is 2.47. The minimum absolute atomic E-state index is 0.0834. The van der Waals surface area contributed by atoms with Gasteiger partial charge in [0.2, 0.25) is 5.91 Å². The number of hydrogen-bond acceptors (Lipinski definition) is 6. The summed E-state index contributed by atoms with van der Waals surface area (Å²) in [4.78, 5) is 28.3. The molecule has 3 heterocycles. The Morgan fingerprint density at radius 3 is 2.84 bits per heavy atom. The monoisotopic (exact) mass is 345 g/mol. The van der Waals surface area contributed by atoms with Crippen molar-refractivity contribution in [1.29, 1.82) is 5.26 Å². The molecule has 1 saturated carbocycles. The van der Waals surface area contributed by atoms with Gasteiger partial charge in [0.25, 0.3) is 5.91 Å². The minimum Gasteiger partial charge on any atom is -0.470 e. The number of carbonyl (C=O) groups excluding carboxylic acids is 2.